The van der Waals surface area contributed by atoms with Gasteiger partial charge in [0.25, 0.3) is 5.88 Å². The molecule has 1 aromatic heterocycles. The van der Waals surface area contributed by atoms with Crippen LogP contribution in [0.5, 0.6) is 23.1 Å². The lowest BCUT2D eigenvalue weighted by Crippen LogP contribution is -2.51. The number of ether oxygens (including phenoxy) is 2. The third-order valence-corrected chi connectivity index (χ3v) is 7.65. The van der Waals surface area contributed by atoms with Gasteiger partial charge in [0.2, 0.25) is 0 Å². The average molecular weight is 572 g/mol. The molecule has 0 unspecified atom stereocenters. The highest BCUT2D eigenvalue weighted by molar-refractivity contribution is 5.68. The number of para-hydroxylation sites is 1. The van der Waals surface area contributed by atoms with Gasteiger partial charge < -0.3 is 29.2 Å². The van der Waals surface area contributed by atoms with Gasteiger partial charge in [-0.2, -0.15) is 0 Å². The largest absolute Gasteiger partial charge is 0.497 e. The molecule has 2 aliphatic rings. The molecule has 0 saturated carbocycles. The number of anilines is 1. The number of imidazole rings is 1. The molecule has 2 aliphatic heterocycles. The number of benzene rings is 3. The average Bonchev–Trinajstić information content (AvgIpc) is 3.26. The van der Waals surface area contributed by atoms with Crippen LogP contribution >= 0.6 is 0 Å². The van der Waals surface area contributed by atoms with Crippen LogP contribution in [-0.4, -0.2) is 70.1 Å². The smallest absolute Gasteiger partial charge is 0.434 e. The molecule has 1 N–H and O–H groups in total. The van der Waals surface area contributed by atoms with Gasteiger partial charge in [-0.1, -0.05) is 35.1 Å². The van der Waals surface area contributed by atoms with Crippen molar-refractivity contribution in [2.24, 2.45) is 0 Å². The Kier molecular flexibility index (Phi) is 7.74. The summed E-state index contributed by atoms with van der Waals surface area (Å²) >= 11 is 0. The van der Waals surface area contributed by atoms with Gasteiger partial charge in [-0.15, -0.1) is 0 Å². The molecule has 1 fully saturated rings. The topological polar surface area (TPSA) is 102 Å². The molecule has 3 aromatic carbocycles. The summed E-state index contributed by atoms with van der Waals surface area (Å²) in [5.74, 6) is 1.96. The molecule has 11 heteroatoms. The molecule has 1 amide bonds. The minimum absolute atomic E-state index is 0.342. The second-order valence-corrected chi connectivity index (χ2v) is 10.3. The summed E-state index contributed by atoms with van der Waals surface area (Å²) in [5, 5.41) is 10.9. The van der Waals surface area contributed by atoms with Crippen LogP contribution in [0.1, 0.15) is 11.3 Å². The number of hydrogen-bond acceptors (Lipinski definition) is 8. The van der Waals surface area contributed by atoms with Crippen molar-refractivity contribution in [3.8, 4) is 23.1 Å². The second kappa shape index (κ2) is 11.9. The van der Waals surface area contributed by atoms with Gasteiger partial charge in [-0.25, -0.2) is 9.59 Å². The lowest BCUT2D eigenvalue weighted by Gasteiger charge is -2.35. The molecule has 0 radical (unpaired) electrons. The van der Waals surface area contributed by atoms with Gasteiger partial charge in [-0.05, 0) is 54.1 Å². The van der Waals surface area contributed by atoms with Crippen LogP contribution in [0.3, 0.4) is 0 Å². The Morgan fingerprint density at radius 2 is 1.48 bits per heavy atom. The summed E-state index contributed by atoms with van der Waals surface area (Å²) < 4.78 is 13.3. The molecule has 3 heterocycles. The molecule has 0 aliphatic carbocycles. The van der Waals surface area contributed by atoms with E-state index in [0.29, 0.717) is 62.8 Å². The first-order chi connectivity index (χ1) is 20.5. The standard InChI is InChI=1S/C31H33N5O6/c1-40-25-13-9-24(10-14-25)33-16-18-34(19-17-33)31(39)42-36-29(37)28-22-32(15-20-35(28)30(36)38)21-23-7-11-27(12-8-23)41-26-5-3-2-4-6-26/h2-14,37H,15-22H2,1H3. The van der Waals surface area contributed by atoms with E-state index in [1.807, 2.05) is 78.9 Å². The molecule has 4 aromatic rings. The number of nitrogens with zero attached hydrogens (tertiary/aromatic N) is 5. The first-order valence-corrected chi connectivity index (χ1v) is 13.9. The molecule has 1 saturated heterocycles. The number of piperazine rings is 1. The predicted octanol–water partition coefficient (Wildman–Crippen LogP) is 3.54. The van der Waals surface area contributed by atoms with Crippen LogP contribution in [0.25, 0.3) is 0 Å². The number of aromatic nitrogens is 2. The maximum absolute atomic E-state index is 13.0. The highest BCUT2D eigenvalue weighted by Gasteiger charge is 2.30. The van der Waals surface area contributed by atoms with Gasteiger partial charge in [0.15, 0.2) is 0 Å². The first-order valence-electron chi connectivity index (χ1n) is 13.9. The Hall–Kier alpha value is -4.90. The minimum Gasteiger partial charge on any atom is -0.497 e. The van der Waals surface area contributed by atoms with Crippen molar-refractivity contribution in [1.29, 1.82) is 0 Å². The van der Waals surface area contributed by atoms with E-state index in [-0.39, 0.29) is 5.88 Å². The van der Waals surface area contributed by atoms with Crippen LogP contribution in [0.4, 0.5) is 10.5 Å². The number of hydrogen-bond donors (Lipinski definition) is 1. The molecule has 0 atom stereocenters. The number of aromatic hydroxyl groups is 1. The molecule has 11 nitrogen and oxygen atoms in total. The van der Waals surface area contributed by atoms with Gasteiger partial charge in [0, 0.05) is 58.0 Å². The third kappa shape index (κ3) is 5.77. The molecular weight excluding hydrogens is 538 g/mol. The SMILES string of the molecule is COc1ccc(N2CCN(C(=O)On3c(O)c4n(c3=O)CCN(Cc3ccc(Oc5ccccc5)cc3)C4)CC2)cc1. The number of fused-ring (bicyclic) bond motifs is 1. The summed E-state index contributed by atoms with van der Waals surface area (Å²) in [6.45, 7) is 4.04. The Morgan fingerprint density at radius 3 is 2.17 bits per heavy atom. The van der Waals surface area contributed by atoms with E-state index in [2.05, 4.69) is 9.80 Å². The van der Waals surface area contributed by atoms with Crippen molar-refractivity contribution in [1.82, 2.24) is 19.1 Å². The van der Waals surface area contributed by atoms with Crippen molar-refractivity contribution >= 4 is 11.8 Å². The Labute approximate surface area is 243 Å². The lowest BCUT2D eigenvalue weighted by molar-refractivity contribution is 0.0773. The fourth-order valence-corrected chi connectivity index (χ4v) is 5.31. The highest BCUT2D eigenvalue weighted by Crippen LogP contribution is 2.25. The quantitative estimate of drug-likeness (QED) is 0.360. The van der Waals surface area contributed by atoms with Crippen molar-refractivity contribution < 1.29 is 24.2 Å². The van der Waals surface area contributed by atoms with Gasteiger partial charge in [0.05, 0.1) is 7.11 Å². The van der Waals surface area contributed by atoms with Gasteiger partial charge in [-0.3, -0.25) is 9.47 Å². The second-order valence-electron chi connectivity index (χ2n) is 10.3. The van der Waals surface area contributed by atoms with Gasteiger partial charge >= 0.3 is 11.8 Å². The van der Waals surface area contributed by atoms with Crippen LogP contribution in [0.15, 0.2) is 83.7 Å². The summed E-state index contributed by atoms with van der Waals surface area (Å²) in [4.78, 5) is 37.2. The van der Waals surface area contributed by atoms with E-state index < -0.39 is 11.8 Å². The highest BCUT2D eigenvalue weighted by atomic mass is 16.7. The number of rotatable bonds is 7. The van der Waals surface area contributed by atoms with E-state index in [4.69, 9.17) is 14.3 Å². The Morgan fingerprint density at radius 1 is 0.810 bits per heavy atom. The normalized spacial score (nSPS) is 15.3. The van der Waals surface area contributed by atoms with E-state index in [0.717, 1.165) is 28.5 Å². The fraction of sp³-hybridized carbons (Fsp3) is 0.290. The number of carbonyl (C=O) groups excluding carboxylic acids is 1. The van der Waals surface area contributed by atoms with Crippen molar-refractivity contribution in [2.75, 3.05) is 44.7 Å². The Balaban J connectivity index is 1.05. The summed E-state index contributed by atoms with van der Waals surface area (Å²) in [6, 6.07) is 25.2. The summed E-state index contributed by atoms with van der Waals surface area (Å²) in [7, 11) is 1.63. The molecule has 0 spiro atoms. The van der Waals surface area contributed by atoms with Crippen LogP contribution in [-0.2, 0) is 19.6 Å². The van der Waals surface area contributed by atoms with E-state index in [1.165, 1.54) is 4.57 Å². The molecule has 6 rings (SSSR count). The zero-order chi connectivity index (χ0) is 29.1. The minimum atomic E-state index is -0.667. The van der Waals surface area contributed by atoms with Crippen molar-refractivity contribution in [2.45, 2.75) is 19.6 Å². The van der Waals surface area contributed by atoms with Crippen molar-refractivity contribution in [3.63, 3.8) is 0 Å². The van der Waals surface area contributed by atoms with Crippen LogP contribution < -0.4 is 24.9 Å². The Bertz CT molecular complexity index is 1580. The molecular formula is C31H33N5O6. The summed E-state index contributed by atoms with van der Waals surface area (Å²) in [6.07, 6.45) is -0.667. The zero-order valence-electron chi connectivity index (χ0n) is 23.4. The number of methoxy groups -OCH3 is 1. The van der Waals surface area contributed by atoms with E-state index in [9.17, 15) is 14.7 Å². The number of carbonyl (C=O) groups is 1. The van der Waals surface area contributed by atoms with E-state index >= 15 is 0 Å². The fourth-order valence-electron chi connectivity index (χ4n) is 5.31. The predicted molar refractivity (Wildman–Crippen MR) is 156 cm³/mol. The van der Waals surface area contributed by atoms with Crippen LogP contribution in [0, 0.1) is 0 Å². The molecule has 42 heavy (non-hydrogen) atoms. The molecule has 0 bridgehead atoms. The maximum atomic E-state index is 13.0. The first kappa shape index (κ1) is 27.3. The number of amides is 1. The van der Waals surface area contributed by atoms with Gasteiger partial charge in [0.1, 0.15) is 22.9 Å². The maximum Gasteiger partial charge on any atom is 0.434 e. The third-order valence-electron chi connectivity index (χ3n) is 7.65. The van der Waals surface area contributed by atoms with Crippen molar-refractivity contribution in [3.05, 3.63) is 101 Å². The molecule has 218 valence electrons. The summed E-state index contributed by atoms with van der Waals surface area (Å²) in [5.41, 5.74) is 1.98. The monoisotopic (exact) mass is 571 g/mol. The zero-order valence-corrected chi connectivity index (χ0v) is 23.4. The van der Waals surface area contributed by atoms with E-state index in [1.54, 1.807) is 12.0 Å². The lowest BCUT2D eigenvalue weighted by atomic mass is 10.2. The van der Waals surface area contributed by atoms with Crippen LogP contribution in [0.2, 0.25) is 0 Å².